The molecule has 2 aromatic rings. The minimum absolute atomic E-state index is 0.0783. The molecule has 0 aliphatic carbocycles. The molecule has 3 rings (SSSR count). The first kappa shape index (κ1) is 19.5. The van der Waals surface area contributed by atoms with Crippen LogP contribution in [-0.4, -0.2) is 48.1 Å². The van der Waals surface area contributed by atoms with Crippen molar-refractivity contribution in [2.45, 2.75) is 18.9 Å². The van der Waals surface area contributed by atoms with Crippen molar-refractivity contribution in [2.75, 3.05) is 13.1 Å². The van der Waals surface area contributed by atoms with E-state index in [0.29, 0.717) is 19.3 Å². The Morgan fingerprint density at radius 1 is 1.29 bits per heavy atom. The van der Waals surface area contributed by atoms with Crippen molar-refractivity contribution in [1.82, 2.24) is 20.9 Å². The van der Waals surface area contributed by atoms with E-state index in [9.17, 15) is 28.0 Å². The minimum Gasteiger partial charge on any atom is -0.356 e. The number of hydrogen-bond acceptors (Lipinski definition) is 4. The number of rotatable bonds is 7. The molecule has 0 radical (unpaired) electrons. The minimum atomic E-state index is -0.852. The summed E-state index contributed by atoms with van der Waals surface area (Å²) in [4.78, 5) is 49.3. The van der Waals surface area contributed by atoms with Gasteiger partial charge in [0, 0.05) is 17.8 Å². The van der Waals surface area contributed by atoms with Gasteiger partial charge in [-0.05, 0) is 31.0 Å². The van der Waals surface area contributed by atoms with E-state index in [4.69, 9.17) is 0 Å². The smallest absolute Gasteiger partial charge is 0.268 e. The Morgan fingerprint density at radius 3 is 2.68 bits per heavy atom. The van der Waals surface area contributed by atoms with Crippen molar-refractivity contribution in [3.63, 3.8) is 0 Å². The average molecular weight is 392 g/mol. The second kappa shape index (κ2) is 8.15. The molecule has 4 N–H and O–H groups in total. The van der Waals surface area contributed by atoms with Gasteiger partial charge in [0.15, 0.2) is 0 Å². The third kappa shape index (κ3) is 4.16. The van der Waals surface area contributed by atoms with E-state index in [1.54, 1.807) is 0 Å². The molecule has 10 heteroatoms. The molecule has 8 nitrogen and oxygen atoms in total. The van der Waals surface area contributed by atoms with Crippen LogP contribution in [0.3, 0.4) is 0 Å². The van der Waals surface area contributed by atoms with Gasteiger partial charge in [0.25, 0.3) is 5.91 Å². The molecule has 0 spiro atoms. The number of H-pyrrole nitrogens is 1. The fraction of sp³-hybridized carbons (Fsp3) is 0.333. The maximum absolute atomic E-state index is 13.7. The van der Waals surface area contributed by atoms with Crippen LogP contribution >= 0.6 is 0 Å². The molecule has 0 bridgehead atoms. The van der Waals surface area contributed by atoms with Crippen LogP contribution in [0.1, 0.15) is 23.3 Å². The zero-order valence-corrected chi connectivity index (χ0v) is 14.7. The topological polar surface area (TPSA) is 120 Å². The number of aromatic amines is 1. The van der Waals surface area contributed by atoms with Crippen LogP contribution in [0.4, 0.5) is 8.78 Å². The molecule has 0 saturated carbocycles. The number of benzene rings is 1. The fourth-order valence-corrected chi connectivity index (χ4v) is 3.11. The predicted molar refractivity (Wildman–Crippen MR) is 94.3 cm³/mol. The maximum atomic E-state index is 13.7. The van der Waals surface area contributed by atoms with Crippen LogP contribution in [0.5, 0.6) is 0 Å². The second-order valence-corrected chi connectivity index (χ2v) is 6.51. The highest BCUT2D eigenvalue weighted by Gasteiger charge is 2.27. The largest absolute Gasteiger partial charge is 0.356 e. The van der Waals surface area contributed by atoms with Gasteiger partial charge in [-0.3, -0.25) is 14.4 Å². The van der Waals surface area contributed by atoms with E-state index < -0.39 is 36.0 Å². The molecule has 1 aromatic heterocycles. The summed E-state index contributed by atoms with van der Waals surface area (Å²) < 4.78 is 27.4. The molecular weight excluding hydrogens is 374 g/mol. The summed E-state index contributed by atoms with van der Waals surface area (Å²) in [5.74, 6) is -3.26. The zero-order valence-electron chi connectivity index (χ0n) is 14.7. The molecule has 1 saturated heterocycles. The molecule has 148 valence electrons. The van der Waals surface area contributed by atoms with Crippen LogP contribution in [0.25, 0.3) is 10.9 Å². The Balaban J connectivity index is 1.55. The maximum Gasteiger partial charge on any atom is 0.268 e. The van der Waals surface area contributed by atoms with Gasteiger partial charge in [-0.1, -0.05) is 0 Å². The van der Waals surface area contributed by atoms with Crippen LogP contribution < -0.4 is 16.0 Å². The van der Waals surface area contributed by atoms with Gasteiger partial charge in [0.1, 0.15) is 23.6 Å². The molecule has 1 fully saturated rings. The lowest BCUT2D eigenvalue weighted by atomic mass is 9.99. The first-order valence-electron chi connectivity index (χ1n) is 8.66. The standard InChI is InChI=1S/C18H18F2N4O4/c19-12-1-2-13(20)16-11(12)6-14(24-16)18(28)22-7-15(26)23-10(8-25)5-9-3-4-21-17(9)27/h1-2,6,8-10,24H,3-5,7H2,(H,21,27)(H,22,28)(H,23,26). The van der Waals surface area contributed by atoms with Gasteiger partial charge >= 0.3 is 0 Å². The van der Waals surface area contributed by atoms with Crippen LogP contribution in [0.2, 0.25) is 0 Å². The Morgan fingerprint density at radius 2 is 2.04 bits per heavy atom. The Hall–Kier alpha value is -3.30. The van der Waals surface area contributed by atoms with Gasteiger partial charge in [0.2, 0.25) is 11.8 Å². The SMILES string of the molecule is O=CC(CC1CCNC1=O)NC(=O)CNC(=O)c1cc2c(F)ccc(F)c2[nH]1. The number of aldehydes is 1. The van der Waals surface area contributed by atoms with Gasteiger partial charge in [-0.2, -0.15) is 0 Å². The third-order valence-corrected chi connectivity index (χ3v) is 4.56. The number of carbonyl (C=O) groups excluding carboxylic acids is 4. The Bertz CT molecular complexity index is 904. The number of fused-ring (bicyclic) bond motifs is 1. The van der Waals surface area contributed by atoms with E-state index >= 15 is 0 Å². The lowest BCUT2D eigenvalue weighted by molar-refractivity contribution is -0.125. The molecule has 28 heavy (non-hydrogen) atoms. The Kier molecular flexibility index (Phi) is 5.67. The summed E-state index contributed by atoms with van der Waals surface area (Å²) in [5.41, 5.74) is -0.258. The fourth-order valence-electron chi connectivity index (χ4n) is 3.11. The van der Waals surface area contributed by atoms with E-state index in [2.05, 4.69) is 20.9 Å². The summed E-state index contributed by atoms with van der Waals surface area (Å²) >= 11 is 0. The first-order valence-corrected chi connectivity index (χ1v) is 8.66. The van der Waals surface area contributed by atoms with Crippen molar-refractivity contribution in [1.29, 1.82) is 0 Å². The first-order chi connectivity index (χ1) is 13.4. The van der Waals surface area contributed by atoms with Crippen LogP contribution in [-0.2, 0) is 14.4 Å². The summed E-state index contributed by atoms with van der Waals surface area (Å²) in [5, 5.41) is 7.31. The molecule has 1 aliphatic heterocycles. The van der Waals surface area contributed by atoms with Gasteiger partial charge in [0.05, 0.1) is 18.1 Å². The number of nitrogens with one attached hydrogen (secondary N) is 4. The zero-order chi connectivity index (χ0) is 20.3. The highest BCUT2D eigenvalue weighted by molar-refractivity contribution is 5.99. The lowest BCUT2D eigenvalue weighted by Crippen LogP contribution is -2.44. The van der Waals surface area contributed by atoms with E-state index in [1.807, 2.05) is 0 Å². The number of carbonyl (C=O) groups is 4. The molecule has 1 aliphatic rings. The summed E-state index contributed by atoms with van der Waals surface area (Å²) in [6, 6.07) is 2.18. The molecular formula is C18H18F2N4O4. The van der Waals surface area contributed by atoms with E-state index in [-0.39, 0.29) is 34.8 Å². The lowest BCUT2D eigenvalue weighted by Gasteiger charge is -2.15. The summed E-state index contributed by atoms with van der Waals surface area (Å²) in [6.45, 7) is 0.0884. The van der Waals surface area contributed by atoms with Crippen molar-refractivity contribution >= 4 is 34.9 Å². The third-order valence-electron chi connectivity index (χ3n) is 4.56. The monoisotopic (exact) mass is 392 g/mol. The van der Waals surface area contributed by atoms with Gasteiger partial charge in [-0.25, -0.2) is 8.78 Å². The van der Waals surface area contributed by atoms with Gasteiger partial charge in [-0.15, -0.1) is 0 Å². The summed E-state index contributed by atoms with van der Waals surface area (Å²) in [6.07, 6.45) is 1.30. The van der Waals surface area contributed by atoms with E-state index in [1.165, 1.54) is 0 Å². The molecule has 2 unspecified atom stereocenters. The quantitative estimate of drug-likeness (QED) is 0.510. The molecule has 1 aromatic carbocycles. The van der Waals surface area contributed by atoms with Crippen molar-refractivity contribution < 1.29 is 28.0 Å². The Labute approximate surface area is 158 Å². The predicted octanol–water partition coefficient (Wildman–Crippen LogP) is 0.386. The summed E-state index contributed by atoms with van der Waals surface area (Å²) in [7, 11) is 0. The number of amides is 3. The van der Waals surface area contributed by atoms with Crippen molar-refractivity contribution in [2.24, 2.45) is 5.92 Å². The molecule has 2 heterocycles. The second-order valence-electron chi connectivity index (χ2n) is 6.51. The number of halogens is 2. The highest BCUT2D eigenvalue weighted by atomic mass is 19.1. The van der Waals surface area contributed by atoms with Gasteiger partial charge < -0.3 is 25.7 Å². The number of aromatic nitrogens is 1. The van der Waals surface area contributed by atoms with Crippen molar-refractivity contribution in [3.05, 3.63) is 35.5 Å². The highest BCUT2D eigenvalue weighted by Crippen LogP contribution is 2.21. The van der Waals surface area contributed by atoms with Crippen molar-refractivity contribution in [3.8, 4) is 0 Å². The average Bonchev–Trinajstić information content (AvgIpc) is 3.30. The van der Waals surface area contributed by atoms with Crippen LogP contribution in [0.15, 0.2) is 18.2 Å². The molecule has 2 atom stereocenters. The van der Waals surface area contributed by atoms with Crippen LogP contribution in [0, 0.1) is 17.6 Å². The van der Waals surface area contributed by atoms with E-state index in [0.717, 1.165) is 18.2 Å². The number of hydrogen-bond donors (Lipinski definition) is 4. The normalized spacial score (nSPS) is 17.2. The molecule has 3 amide bonds.